The number of sulfonamides is 1. The molecule has 0 spiro atoms. The molecule has 31 heavy (non-hydrogen) atoms. The first-order chi connectivity index (χ1) is 15.0. The number of nitriles is 1. The van der Waals surface area contributed by atoms with Crippen molar-refractivity contribution in [3.8, 4) is 6.07 Å². The molecule has 5 rings (SSSR count). The van der Waals surface area contributed by atoms with E-state index in [0.717, 1.165) is 22.4 Å². The number of rotatable bonds is 3. The Morgan fingerprint density at radius 1 is 0.968 bits per heavy atom. The summed E-state index contributed by atoms with van der Waals surface area (Å²) >= 11 is 0. The molecule has 0 amide bonds. The van der Waals surface area contributed by atoms with Gasteiger partial charge in [0.15, 0.2) is 5.65 Å². The Hall–Kier alpha value is -3.55. The van der Waals surface area contributed by atoms with E-state index < -0.39 is 10.0 Å². The second kappa shape index (κ2) is 7.30. The molecule has 0 saturated carbocycles. The smallest absolute Gasteiger partial charge is 0.244 e. The molecule has 0 N–H and O–H groups in total. The van der Waals surface area contributed by atoms with Gasteiger partial charge in [0.05, 0.1) is 16.0 Å². The fourth-order valence-corrected chi connectivity index (χ4v) is 5.52. The second-order valence-corrected chi connectivity index (χ2v) is 9.24. The van der Waals surface area contributed by atoms with Crippen molar-refractivity contribution in [1.29, 1.82) is 5.26 Å². The molecule has 156 valence electrons. The highest BCUT2D eigenvalue weighted by molar-refractivity contribution is 7.89. The van der Waals surface area contributed by atoms with Crippen LogP contribution in [0.2, 0.25) is 0 Å². The van der Waals surface area contributed by atoms with Gasteiger partial charge in [0, 0.05) is 31.6 Å². The third-order valence-electron chi connectivity index (χ3n) is 5.54. The van der Waals surface area contributed by atoms with E-state index in [1.54, 1.807) is 12.1 Å². The maximum atomic E-state index is 13.1. The van der Waals surface area contributed by atoms with E-state index in [1.165, 1.54) is 16.4 Å². The van der Waals surface area contributed by atoms with Crippen LogP contribution < -0.4 is 4.90 Å². The van der Waals surface area contributed by atoms with E-state index >= 15 is 0 Å². The molecule has 2 aromatic heterocycles. The fourth-order valence-electron chi connectivity index (χ4n) is 3.96. The topological polar surface area (TPSA) is 107 Å². The molecule has 0 bridgehead atoms. The first-order valence-corrected chi connectivity index (χ1v) is 11.3. The van der Waals surface area contributed by atoms with Crippen LogP contribution in [0.3, 0.4) is 0 Å². The molecular weight excluding hydrogens is 414 g/mol. The molecule has 1 aliphatic heterocycles. The first-order valence-electron chi connectivity index (χ1n) is 9.85. The van der Waals surface area contributed by atoms with Gasteiger partial charge in [0.1, 0.15) is 11.9 Å². The standard InChI is InChI=1S/C21H19N7O2S/c1-15-24-25-20-17-7-3-4-8-18(17)23-21(28(15)20)26-10-12-27(13-11-26)31(29,30)19-9-5-2-6-16(19)14-22/h2-9H,10-13H2,1H3. The SMILES string of the molecule is Cc1nnc2c3ccccc3nc(N3CCN(S(=O)(=O)c4ccccc4C#N)CC3)n12. The minimum Gasteiger partial charge on any atom is -0.339 e. The van der Waals surface area contributed by atoms with Crippen LogP contribution in [-0.2, 0) is 10.0 Å². The van der Waals surface area contributed by atoms with Crippen molar-refractivity contribution in [2.75, 3.05) is 31.1 Å². The number of para-hydroxylation sites is 1. The van der Waals surface area contributed by atoms with Crippen molar-refractivity contribution >= 4 is 32.5 Å². The van der Waals surface area contributed by atoms with E-state index in [4.69, 9.17) is 4.98 Å². The van der Waals surface area contributed by atoms with E-state index in [-0.39, 0.29) is 10.5 Å². The van der Waals surface area contributed by atoms with Gasteiger partial charge in [-0.05, 0) is 31.2 Å². The van der Waals surface area contributed by atoms with Gasteiger partial charge in [-0.1, -0.05) is 24.3 Å². The lowest BCUT2D eigenvalue weighted by molar-refractivity contribution is 0.382. The number of fused-ring (bicyclic) bond motifs is 3. The Bertz CT molecular complexity index is 1450. The van der Waals surface area contributed by atoms with Crippen LogP contribution in [0.5, 0.6) is 0 Å². The summed E-state index contributed by atoms with van der Waals surface area (Å²) in [5, 5.41) is 18.8. The van der Waals surface area contributed by atoms with Crippen LogP contribution in [0.1, 0.15) is 11.4 Å². The molecule has 1 fully saturated rings. The zero-order valence-electron chi connectivity index (χ0n) is 16.8. The molecule has 10 heteroatoms. The van der Waals surface area contributed by atoms with Crippen LogP contribution in [-0.4, -0.2) is 58.5 Å². The molecule has 0 atom stereocenters. The Morgan fingerprint density at radius 2 is 1.68 bits per heavy atom. The van der Waals surface area contributed by atoms with Gasteiger partial charge in [-0.3, -0.25) is 0 Å². The van der Waals surface area contributed by atoms with Gasteiger partial charge in [-0.25, -0.2) is 17.8 Å². The molecule has 0 aliphatic carbocycles. The third kappa shape index (κ3) is 3.10. The highest BCUT2D eigenvalue weighted by Gasteiger charge is 2.31. The van der Waals surface area contributed by atoms with Gasteiger partial charge in [0.2, 0.25) is 16.0 Å². The highest BCUT2D eigenvalue weighted by atomic mass is 32.2. The number of piperazine rings is 1. The van der Waals surface area contributed by atoms with Crippen LogP contribution in [0.4, 0.5) is 5.95 Å². The van der Waals surface area contributed by atoms with Crippen molar-refractivity contribution in [3.63, 3.8) is 0 Å². The van der Waals surface area contributed by atoms with Crippen molar-refractivity contribution in [2.24, 2.45) is 0 Å². The third-order valence-corrected chi connectivity index (χ3v) is 7.49. The second-order valence-electron chi connectivity index (χ2n) is 7.33. The summed E-state index contributed by atoms with van der Waals surface area (Å²) in [4.78, 5) is 6.93. The monoisotopic (exact) mass is 433 g/mol. The fraction of sp³-hybridized carbons (Fsp3) is 0.238. The van der Waals surface area contributed by atoms with Crippen molar-refractivity contribution in [2.45, 2.75) is 11.8 Å². The molecule has 3 heterocycles. The zero-order chi connectivity index (χ0) is 21.6. The van der Waals surface area contributed by atoms with Gasteiger partial charge in [-0.15, -0.1) is 10.2 Å². The highest BCUT2D eigenvalue weighted by Crippen LogP contribution is 2.26. The molecule has 1 aliphatic rings. The number of aryl methyl sites for hydroxylation is 1. The van der Waals surface area contributed by atoms with Gasteiger partial charge in [-0.2, -0.15) is 9.57 Å². The average Bonchev–Trinajstić information content (AvgIpc) is 3.20. The van der Waals surface area contributed by atoms with E-state index in [9.17, 15) is 13.7 Å². The Morgan fingerprint density at radius 3 is 2.45 bits per heavy atom. The lowest BCUT2D eigenvalue weighted by Crippen LogP contribution is -2.49. The van der Waals surface area contributed by atoms with E-state index in [2.05, 4.69) is 15.1 Å². The molecule has 0 unspecified atom stereocenters. The summed E-state index contributed by atoms with van der Waals surface area (Å²) in [6, 6.07) is 16.0. The van der Waals surface area contributed by atoms with Gasteiger partial charge in [0.25, 0.3) is 0 Å². The van der Waals surface area contributed by atoms with Crippen LogP contribution in [0.25, 0.3) is 16.6 Å². The van der Waals surface area contributed by atoms with Crippen LogP contribution in [0.15, 0.2) is 53.4 Å². The lowest BCUT2D eigenvalue weighted by Gasteiger charge is -2.35. The molecule has 9 nitrogen and oxygen atoms in total. The zero-order valence-corrected chi connectivity index (χ0v) is 17.6. The predicted molar refractivity (Wildman–Crippen MR) is 115 cm³/mol. The molecule has 1 saturated heterocycles. The maximum Gasteiger partial charge on any atom is 0.244 e. The number of aromatic nitrogens is 4. The number of hydrogen-bond donors (Lipinski definition) is 0. The van der Waals surface area contributed by atoms with E-state index in [1.807, 2.05) is 41.7 Å². The first kappa shape index (κ1) is 19.4. The van der Waals surface area contributed by atoms with Crippen molar-refractivity contribution in [3.05, 3.63) is 59.9 Å². The van der Waals surface area contributed by atoms with Crippen molar-refractivity contribution in [1.82, 2.24) is 23.9 Å². The summed E-state index contributed by atoms with van der Waals surface area (Å²) in [7, 11) is -3.75. The summed E-state index contributed by atoms with van der Waals surface area (Å²) < 4.78 is 29.6. The molecule has 2 aromatic carbocycles. The number of benzene rings is 2. The Balaban J connectivity index is 1.48. The summed E-state index contributed by atoms with van der Waals surface area (Å²) in [6.07, 6.45) is 0. The average molecular weight is 433 g/mol. The lowest BCUT2D eigenvalue weighted by atomic mass is 10.2. The number of hydrogen-bond acceptors (Lipinski definition) is 7. The summed E-state index contributed by atoms with van der Waals surface area (Å²) in [6.45, 7) is 3.38. The maximum absolute atomic E-state index is 13.1. The molecule has 0 radical (unpaired) electrons. The molecular formula is C21H19N7O2S. The summed E-state index contributed by atoms with van der Waals surface area (Å²) in [5.41, 5.74) is 1.70. The van der Waals surface area contributed by atoms with Gasteiger partial charge < -0.3 is 4.90 Å². The van der Waals surface area contributed by atoms with Crippen molar-refractivity contribution < 1.29 is 8.42 Å². The minimum absolute atomic E-state index is 0.0480. The number of nitrogens with zero attached hydrogens (tertiary/aromatic N) is 7. The van der Waals surface area contributed by atoms with Crippen LogP contribution >= 0.6 is 0 Å². The number of anilines is 1. The molecule has 4 aromatic rings. The van der Waals surface area contributed by atoms with Crippen LogP contribution in [0, 0.1) is 18.3 Å². The van der Waals surface area contributed by atoms with E-state index in [0.29, 0.717) is 32.1 Å². The largest absolute Gasteiger partial charge is 0.339 e. The summed E-state index contributed by atoms with van der Waals surface area (Å²) in [5.74, 6) is 1.42. The Kier molecular flexibility index (Phi) is 4.57. The predicted octanol–water partition coefficient (Wildman–Crippen LogP) is 1.97. The normalized spacial score (nSPS) is 15.4. The quantitative estimate of drug-likeness (QED) is 0.486. The van der Waals surface area contributed by atoms with Gasteiger partial charge >= 0.3 is 0 Å². The Labute approximate surface area is 179 Å². The minimum atomic E-state index is -3.75.